The second-order valence-electron chi connectivity index (χ2n) is 14.9. The van der Waals surface area contributed by atoms with Gasteiger partial charge in [-0.05, 0) is 104 Å². The molecule has 3 aromatic rings. The number of carbonyl (C=O) groups excluding carboxylic acids is 5. The van der Waals surface area contributed by atoms with E-state index in [0.717, 1.165) is 12.8 Å². The number of allylic oxidation sites excluding steroid dienone is 3. The van der Waals surface area contributed by atoms with E-state index in [2.05, 4.69) is 57.9 Å². The maximum absolute atomic E-state index is 12.5. The summed E-state index contributed by atoms with van der Waals surface area (Å²) >= 11 is 10.3. The molecule has 0 saturated carbocycles. The summed E-state index contributed by atoms with van der Waals surface area (Å²) in [6, 6.07) is 10.5. The number of phenolic OH excluding ortho intramolecular Hbond substituents is 1. The van der Waals surface area contributed by atoms with E-state index in [9.17, 15) is 43.8 Å². The number of aromatic carboxylic acids is 2. The fourth-order valence-corrected chi connectivity index (χ4v) is 5.22. The van der Waals surface area contributed by atoms with Crippen LogP contribution in [0.1, 0.15) is 119 Å². The number of nitrogen functional groups attached to an aromatic ring is 1. The van der Waals surface area contributed by atoms with Gasteiger partial charge in [-0.1, -0.05) is 73.3 Å². The van der Waals surface area contributed by atoms with Gasteiger partial charge in [-0.3, -0.25) is 23.9 Å². The number of hydrogen-bond acceptors (Lipinski definition) is 13. The Bertz CT molecular complexity index is 2180. The Balaban J connectivity index is -0.000000209. The van der Waals surface area contributed by atoms with Gasteiger partial charge in [-0.15, -0.1) is 0 Å². The van der Waals surface area contributed by atoms with Gasteiger partial charge in [0.05, 0.1) is 13.2 Å². The number of aromatic hydroxyl groups is 3. The molecule has 2 unspecified atom stereocenters. The molecule has 2 atom stereocenters. The number of rotatable bonds is 18. The molecule has 0 aromatic heterocycles. The predicted octanol–water partition coefficient (Wildman–Crippen LogP) is 6.75. The third kappa shape index (κ3) is 38.0. The Hall–Kier alpha value is -2.59. The minimum absolute atomic E-state index is 0. The molecule has 3 rings (SSSR count). The molecule has 0 saturated heterocycles. The minimum atomic E-state index is -1.30. The first-order valence-corrected chi connectivity index (χ1v) is 33.6. The van der Waals surface area contributed by atoms with E-state index in [1.165, 1.54) is 61.7 Å². The Morgan fingerprint density at radius 1 is 0.694 bits per heavy atom. The van der Waals surface area contributed by atoms with Gasteiger partial charge in [0, 0.05) is 95.3 Å². The number of carboxylic acid groups (broad SMARTS) is 2. The summed E-state index contributed by atoms with van der Waals surface area (Å²) in [6.07, 6.45) is 10.7. The van der Waals surface area contributed by atoms with Gasteiger partial charge in [0.2, 0.25) is 23.0 Å². The molecule has 0 bridgehead atoms. The van der Waals surface area contributed by atoms with Crippen LogP contribution in [0.3, 0.4) is 0 Å². The van der Waals surface area contributed by atoms with Crippen molar-refractivity contribution < 1.29 is 147 Å². The molecule has 2 radical (unpaired) electrons. The predicted molar refractivity (Wildman–Crippen MR) is 286 cm³/mol. The molecule has 25 heteroatoms. The molecule has 0 aliphatic heterocycles. The fraction of sp³-hybridized carbons (Fsp3) is 0.383. The van der Waals surface area contributed by atoms with Gasteiger partial charge >= 0.3 is 68.4 Å². The minimum Gasteiger partial charge on any atom is -0.507 e. The number of nitrogens with two attached hydrogens (primary N) is 2. The van der Waals surface area contributed by atoms with Crippen LogP contribution >= 0.6 is 48.8 Å². The van der Waals surface area contributed by atoms with E-state index in [-0.39, 0.29) is 147 Å². The van der Waals surface area contributed by atoms with Gasteiger partial charge in [0.15, 0.2) is 0 Å². The smallest absolute Gasteiger partial charge is 0.339 e. The van der Waals surface area contributed by atoms with Gasteiger partial charge in [0.25, 0.3) is 0 Å². The second-order valence-corrected chi connectivity index (χ2v) is 31.6. The average Bonchev–Trinajstić information content (AvgIpc) is 3.25. The molecular formula is C47H67ClFI3N5O13Y2-. The normalized spacial score (nSPS) is 10.6. The zero-order valence-corrected chi connectivity index (χ0v) is 53.2. The van der Waals surface area contributed by atoms with Crippen LogP contribution in [0, 0.1) is 11.8 Å². The number of ether oxygens (including phenoxy) is 1. The summed E-state index contributed by atoms with van der Waals surface area (Å²) in [6.45, 7) is 11.8. The molecule has 0 fully saturated rings. The van der Waals surface area contributed by atoms with Crippen molar-refractivity contribution in [1.82, 2.24) is 5.32 Å². The number of nitrogens with one attached hydrogen (secondary N) is 3. The Morgan fingerprint density at radius 2 is 1.10 bits per heavy atom. The first-order chi connectivity index (χ1) is 31.9. The Morgan fingerprint density at radius 3 is 1.50 bits per heavy atom. The largest absolute Gasteiger partial charge is 0.507 e. The molecule has 400 valence electrons. The van der Waals surface area contributed by atoms with E-state index in [1.807, 2.05) is 53.7 Å². The quantitative estimate of drug-likeness (QED) is 0.0157. The van der Waals surface area contributed by atoms with Gasteiger partial charge in [0.1, 0.15) is 40.0 Å². The molecule has 0 spiro atoms. The zero-order valence-electron chi connectivity index (χ0n) is 40.3. The van der Waals surface area contributed by atoms with Crippen molar-refractivity contribution in [3.05, 3.63) is 95.6 Å². The van der Waals surface area contributed by atoms with Crippen LogP contribution in [0.5, 0.6) is 17.2 Å². The number of methoxy groups -OCH3 is 1. The standard InChI is InChI=1S/C19H26N2O5.C14H20N2O4.C7H7NO3.C6H9ClO.CH4.FH.I3.2Y/c1-4-5-6-7-17(23)21-15(10-12(2)3)18(24)20-13-8-9-16(22)14(11-13)19(25)26;1-8(2)6-11(15)13(18)16-9-4-5-12(17)10(7-9)14(19)20-3;8-4-1-2-6(9)5(3-4)7(10)11;1-2-3-4-5-6(7)8;;;1-3-2;;/h5-6,8-9,11-12,15,22H,4,7,10H2,1-3H3,(H,20,24)(H,21,23)(H,25,26);4-5,7-8,11,17H,6,15H2,1-3H3,(H,16,18);1-3,9H,8H2,(H,10,11);3-4H,2,5H2,1H3;1H4;1H;;;/q;;;;;;-1;;/b6-5-;;;4-3-;;;;;. The molecule has 72 heavy (non-hydrogen) atoms. The number of carboxylic acids is 2. The van der Waals surface area contributed by atoms with Crippen molar-refractivity contribution in [3.8, 4) is 17.2 Å². The van der Waals surface area contributed by atoms with Crippen LogP contribution in [-0.2, 0) is 89.3 Å². The summed E-state index contributed by atoms with van der Waals surface area (Å²) < 4.78 is 4.54. The first-order valence-electron chi connectivity index (χ1n) is 20.7. The third-order valence-corrected chi connectivity index (χ3v) is 8.38. The van der Waals surface area contributed by atoms with Gasteiger partial charge in [-0.25, -0.2) is 14.4 Å². The van der Waals surface area contributed by atoms with Crippen LogP contribution in [0.4, 0.5) is 21.8 Å². The molecule has 18 nitrogen and oxygen atoms in total. The van der Waals surface area contributed by atoms with Gasteiger partial charge < -0.3 is 57.7 Å². The van der Waals surface area contributed by atoms with Crippen molar-refractivity contribution in [2.45, 2.75) is 99.6 Å². The molecule has 3 amide bonds. The van der Waals surface area contributed by atoms with Crippen molar-refractivity contribution >= 4 is 107 Å². The van der Waals surface area contributed by atoms with Gasteiger partial charge in [-0.2, -0.15) is 0 Å². The number of halogens is 5. The zero-order chi connectivity index (χ0) is 52.5. The van der Waals surface area contributed by atoms with E-state index >= 15 is 0 Å². The van der Waals surface area contributed by atoms with Crippen molar-refractivity contribution in [2.75, 3.05) is 23.5 Å². The summed E-state index contributed by atoms with van der Waals surface area (Å²) in [5.74, 6) is -4.57. The third-order valence-electron chi connectivity index (χ3n) is 8.22. The van der Waals surface area contributed by atoms with Crippen LogP contribution in [0.2, 0.25) is 0 Å². The van der Waals surface area contributed by atoms with E-state index < -0.39 is 35.9 Å². The Kier molecular flexibility index (Phi) is 52.6. The molecule has 3 aromatic carbocycles. The van der Waals surface area contributed by atoms with E-state index in [4.69, 9.17) is 38.4 Å². The van der Waals surface area contributed by atoms with E-state index in [1.54, 1.807) is 12.2 Å². The van der Waals surface area contributed by atoms with Crippen LogP contribution in [0.25, 0.3) is 0 Å². The van der Waals surface area contributed by atoms with Crippen LogP contribution in [-0.4, -0.2) is 85.6 Å². The van der Waals surface area contributed by atoms with Crippen LogP contribution < -0.4 is 40.7 Å². The second kappa shape index (κ2) is 46.9. The Labute approximate surface area is 506 Å². The van der Waals surface area contributed by atoms with E-state index in [0.29, 0.717) is 49.8 Å². The van der Waals surface area contributed by atoms with Crippen LogP contribution in [0.15, 0.2) is 78.9 Å². The number of anilines is 3. The fourth-order valence-electron chi connectivity index (χ4n) is 5.13. The van der Waals surface area contributed by atoms with Crippen molar-refractivity contribution in [1.29, 1.82) is 0 Å². The number of carbonyl (C=O) groups is 7. The molecule has 12 N–H and O–H groups in total. The monoisotopic (exact) mass is 1520 g/mol. The number of esters is 1. The maximum Gasteiger partial charge on any atom is 0.339 e. The number of phenols is 3. The summed E-state index contributed by atoms with van der Waals surface area (Å²) in [5, 5.41) is 53.2. The first kappa shape index (κ1) is 80.8. The topological polar surface area (TPSA) is 318 Å². The summed E-state index contributed by atoms with van der Waals surface area (Å²) in [7, 11) is 1.21. The van der Waals surface area contributed by atoms with Crippen molar-refractivity contribution in [2.24, 2.45) is 17.6 Å². The molecule has 0 aliphatic rings. The molecule has 0 heterocycles. The summed E-state index contributed by atoms with van der Waals surface area (Å²) in [4.78, 5) is 79.3. The number of benzene rings is 3. The average molecular weight is 1520 g/mol. The SMILES string of the molecule is C.CC/C=C\CC(=O)Cl.CC/C=C\CC(=O)NC(CC(C)C)C(=O)Nc1ccc(O)c(C(=O)O)c1.COC(=O)c1cc(NC(=O)C(N)CC(C)C)ccc1O.F.I[I-]I.Nc1ccc(O)c(C(=O)O)c1.[Y].[Y]. The molecule has 0 aliphatic carbocycles. The maximum atomic E-state index is 12.5. The number of hydrogen-bond donors (Lipinski definition) is 10. The summed E-state index contributed by atoms with van der Waals surface area (Å²) in [5.41, 5.74) is 11.5. The number of amides is 3. The van der Waals surface area contributed by atoms with Crippen molar-refractivity contribution in [3.63, 3.8) is 0 Å². The molecular weight excluding hydrogens is 1460 g/mol.